The molecule has 7 nitrogen and oxygen atoms in total. The van der Waals surface area contributed by atoms with E-state index in [0.717, 1.165) is 64.6 Å². The van der Waals surface area contributed by atoms with E-state index >= 15 is 0 Å². The first-order chi connectivity index (χ1) is 15.4. The van der Waals surface area contributed by atoms with Crippen LogP contribution in [0.15, 0.2) is 43.1 Å². The lowest BCUT2D eigenvalue weighted by atomic mass is 9.60. The number of nitrogens with one attached hydrogen (secondary N) is 1. The summed E-state index contributed by atoms with van der Waals surface area (Å²) in [5.74, 6) is 0.0175. The molecule has 1 aliphatic carbocycles. The SMILES string of the molecule is C=CC(=O)N1CC2(CC(n3nc(-c4ccc(CO)cc4)c(/C=c4\cn[nH]c4=C)c3C)C2)C1. The van der Waals surface area contributed by atoms with Crippen LogP contribution in [0.2, 0.25) is 0 Å². The standard InChI is InChI=1S/C25H27N5O2/c1-4-23(32)29-14-25(15-29)10-21(11-25)30-17(3)22(9-20-12-26-27-16(20)2)24(28-30)19-7-5-18(13-31)6-8-19/h4-9,12,21,27,31H,1-2,10-11,13-15H2,3H3/b20-9+. The van der Waals surface area contributed by atoms with Gasteiger partial charge in [-0.3, -0.25) is 14.6 Å². The molecule has 2 N–H and O–H groups in total. The Morgan fingerprint density at radius 1 is 1.31 bits per heavy atom. The summed E-state index contributed by atoms with van der Waals surface area (Å²) in [6.07, 6.45) is 7.29. The maximum atomic E-state index is 11.8. The molecule has 0 atom stereocenters. The fraction of sp³-hybridized carbons (Fsp3) is 0.320. The lowest BCUT2D eigenvalue weighted by molar-refractivity contribution is -0.149. The number of benzene rings is 1. The maximum Gasteiger partial charge on any atom is 0.245 e. The average molecular weight is 430 g/mol. The second kappa shape index (κ2) is 7.60. The lowest BCUT2D eigenvalue weighted by Gasteiger charge is -2.58. The van der Waals surface area contributed by atoms with Gasteiger partial charge in [-0.2, -0.15) is 10.2 Å². The third-order valence-corrected chi connectivity index (χ3v) is 6.88. The van der Waals surface area contributed by atoms with Crippen LogP contribution in [0, 0.1) is 12.3 Å². The van der Waals surface area contributed by atoms with Gasteiger partial charge in [-0.25, -0.2) is 0 Å². The molecule has 2 aliphatic rings. The van der Waals surface area contributed by atoms with Crippen molar-refractivity contribution in [1.82, 2.24) is 24.9 Å². The average Bonchev–Trinajstić information content (AvgIpc) is 3.30. The van der Waals surface area contributed by atoms with Crippen molar-refractivity contribution < 1.29 is 9.90 Å². The Balaban J connectivity index is 1.48. The normalized spacial score (nSPS) is 17.9. The van der Waals surface area contributed by atoms with Gasteiger partial charge in [-0.1, -0.05) is 37.4 Å². The highest BCUT2D eigenvalue weighted by molar-refractivity contribution is 5.87. The Kier molecular flexibility index (Phi) is 4.86. The lowest BCUT2D eigenvalue weighted by Crippen LogP contribution is -2.63. The smallest absolute Gasteiger partial charge is 0.245 e. The molecule has 1 amide bonds. The molecule has 1 spiro atoms. The number of aromatic nitrogens is 4. The Bertz CT molecular complexity index is 1290. The first-order valence-electron chi connectivity index (χ1n) is 10.8. The molecule has 1 saturated heterocycles. The summed E-state index contributed by atoms with van der Waals surface area (Å²) >= 11 is 0. The molecule has 0 radical (unpaired) electrons. The number of aliphatic hydroxyl groups excluding tert-OH is 1. The van der Waals surface area contributed by atoms with Crippen LogP contribution < -0.4 is 10.6 Å². The molecule has 164 valence electrons. The molecule has 5 rings (SSSR count). The van der Waals surface area contributed by atoms with Gasteiger partial charge in [0.25, 0.3) is 0 Å². The van der Waals surface area contributed by atoms with E-state index in [9.17, 15) is 9.90 Å². The van der Waals surface area contributed by atoms with E-state index in [4.69, 9.17) is 5.10 Å². The number of nitrogens with zero attached hydrogens (tertiary/aromatic N) is 4. The number of H-pyrrole nitrogens is 1. The zero-order valence-corrected chi connectivity index (χ0v) is 18.2. The molecule has 2 fully saturated rings. The van der Waals surface area contributed by atoms with Crippen molar-refractivity contribution in [2.75, 3.05) is 13.1 Å². The fourth-order valence-corrected chi connectivity index (χ4v) is 5.06. The molecule has 1 aromatic carbocycles. The summed E-state index contributed by atoms with van der Waals surface area (Å²) in [5.41, 5.74) is 5.15. The minimum atomic E-state index is 0.0160. The van der Waals surface area contributed by atoms with Crippen molar-refractivity contribution in [3.63, 3.8) is 0 Å². The van der Waals surface area contributed by atoms with E-state index in [1.54, 1.807) is 6.20 Å². The molecule has 1 saturated carbocycles. The minimum Gasteiger partial charge on any atom is -0.392 e. The highest BCUT2D eigenvalue weighted by Gasteiger charge is 2.54. The molecule has 0 unspecified atom stereocenters. The van der Waals surface area contributed by atoms with Crippen molar-refractivity contribution >= 4 is 18.6 Å². The van der Waals surface area contributed by atoms with Gasteiger partial charge in [0.15, 0.2) is 0 Å². The van der Waals surface area contributed by atoms with Crippen LogP contribution in [-0.4, -0.2) is 49.0 Å². The van der Waals surface area contributed by atoms with Crippen molar-refractivity contribution in [1.29, 1.82) is 0 Å². The number of likely N-dealkylation sites (tertiary alicyclic amines) is 1. The van der Waals surface area contributed by atoms with Crippen LogP contribution in [-0.2, 0) is 11.4 Å². The first-order valence-corrected chi connectivity index (χ1v) is 10.8. The number of hydrogen-bond donors (Lipinski definition) is 2. The van der Waals surface area contributed by atoms with Gasteiger partial charge in [0.2, 0.25) is 5.91 Å². The summed E-state index contributed by atoms with van der Waals surface area (Å²) in [7, 11) is 0. The minimum absolute atomic E-state index is 0.0160. The summed E-state index contributed by atoms with van der Waals surface area (Å²) in [6.45, 7) is 11.3. The van der Waals surface area contributed by atoms with Crippen LogP contribution in [0.1, 0.15) is 35.7 Å². The van der Waals surface area contributed by atoms with Gasteiger partial charge in [0.05, 0.1) is 29.9 Å². The monoisotopic (exact) mass is 429 g/mol. The predicted molar refractivity (Wildman–Crippen MR) is 123 cm³/mol. The second-order valence-electron chi connectivity index (χ2n) is 9.06. The highest BCUT2D eigenvalue weighted by atomic mass is 16.3. The molecule has 2 aromatic heterocycles. The van der Waals surface area contributed by atoms with Gasteiger partial charge in [-0.05, 0) is 37.5 Å². The molecule has 7 heteroatoms. The molecular weight excluding hydrogens is 402 g/mol. The van der Waals surface area contributed by atoms with E-state index in [-0.39, 0.29) is 17.9 Å². The number of carbonyl (C=O) groups excluding carboxylic acids is 1. The van der Waals surface area contributed by atoms with Crippen LogP contribution in [0.4, 0.5) is 0 Å². The zero-order valence-electron chi connectivity index (χ0n) is 18.2. The van der Waals surface area contributed by atoms with E-state index < -0.39 is 0 Å². The molecule has 1 aliphatic heterocycles. The van der Waals surface area contributed by atoms with E-state index in [0.29, 0.717) is 6.04 Å². The number of carbonyl (C=O) groups is 1. The molecule has 0 bridgehead atoms. The van der Waals surface area contributed by atoms with Crippen molar-refractivity contribution in [3.8, 4) is 11.3 Å². The maximum absolute atomic E-state index is 11.8. The van der Waals surface area contributed by atoms with Crippen molar-refractivity contribution in [2.45, 2.75) is 32.4 Å². The van der Waals surface area contributed by atoms with Gasteiger partial charge >= 0.3 is 0 Å². The van der Waals surface area contributed by atoms with Crippen LogP contribution in [0.3, 0.4) is 0 Å². The van der Waals surface area contributed by atoms with E-state index in [1.807, 2.05) is 29.2 Å². The summed E-state index contributed by atoms with van der Waals surface area (Å²) < 4.78 is 2.15. The quantitative estimate of drug-likeness (QED) is 0.604. The van der Waals surface area contributed by atoms with E-state index in [1.165, 1.54) is 6.08 Å². The third-order valence-electron chi connectivity index (χ3n) is 6.88. The van der Waals surface area contributed by atoms with Crippen molar-refractivity contribution in [3.05, 3.63) is 70.5 Å². The number of amides is 1. The Hall–Kier alpha value is -3.45. The Morgan fingerprint density at radius 2 is 2.03 bits per heavy atom. The van der Waals surface area contributed by atoms with Gasteiger partial charge < -0.3 is 10.0 Å². The first kappa shape index (κ1) is 20.5. The number of aliphatic hydroxyl groups is 1. The zero-order chi connectivity index (χ0) is 22.5. The summed E-state index contributed by atoms with van der Waals surface area (Å²) in [6, 6.07) is 8.17. The summed E-state index contributed by atoms with van der Waals surface area (Å²) in [5, 5.41) is 23.1. The highest BCUT2D eigenvalue weighted by Crippen LogP contribution is 2.54. The predicted octanol–water partition coefficient (Wildman–Crippen LogP) is 1.66. The largest absolute Gasteiger partial charge is 0.392 e. The Labute approximate surface area is 186 Å². The van der Waals surface area contributed by atoms with Crippen LogP contribution in [0.5, 0.6) is 0 Å². The number of aromatic amines is 1. The fourth-order valence-electron chi connectivity index (χ4n) is 5.06. The Morgan fingerprint density at radius 3 is 2.62 bits per heavy atom. The van der Waals surface area contributed by atoms with Gasteiger partial charge in [-0.15, -0.1) is 0 Å². The molecule has 3 aromatic rings. The molecule has 3 heterocycles. The second-order valence-corrected chi connectivity index (χ2v) is 9.06. The van der Waals surface area contributed by atoms with E-state index in [2.05, 4.69) is 41.0 Å². The van der Waals surface area contributed by atoms with Crippen LogP contribution >= 0.6 is 0 Å². The van der Waals surface area contributed by atoms with Crippen molar-refractivity contribution in [2.24, 2.45) is 5.41 Å². The number of rotatable bonds is 5. The summed E-state index contributed by atoms with van der Waals surface area (Å²) in [4.78, 5) is 13.7. The van der Waals surface area contributed by atoms with Gasteiger partial charge in [0.1, 0.15) is 0 Å². The van der Waals surface area contributed by atoms with Gasteiger partial charge in [0, 0.05) is 40.5 Å². The topological polar surface area (TPSA) is 87.0 Å². The molecular formula is C25H27N5O2. The molecule has 32 heavy (non-hydrogen) atoms. The van der Waals surface area contributed by atoms with Crippen LogP contribution in [0.25, 0.3) is 23.9 Å². The number of hydrogen-bond acceptors (Lipinski definition) is 4. The third kappa shape index (κ3) is 3.29.